The molecule has 11 heteroatoms. The quantitative estimate of drug-likeness (QED) is 0.630. The number of nitrogens with one attached hydrogen (secondary N) is 1. The molecule has 37 heavy (non-hydrogen) atoms. The Kier molecular flexibility index (Phi) is 6.72. The number of nitrogens with zero attached hydrogens (tertiary/aromatic N) is 3. The van der Waals surface area contributed by atoms with Crippen molar-refractivity contribution in [2.75, 3.05) is 53.2 Å². The third kappa shape index (κ3) is 4.67. The van der Waals surface area contributed by atoms with E-state index >= 15 is 0 Å². The number of hydrogen-bond acceptors (Lipinski definition) is 7. The van der Waals surface area contributed by atoms with E-state index in [9.17, 15) is 18.0 Å². The monoisotopic (exact) mass is 524 g/mol. The first kappa shape index (κ1) is 25.5. The molecular formula is C26H35F3N4O4. The maximum Gasteiger partial charge on any atom is 0.417 e. The van der Waals surface area contributed by atoms with Gasteiger partial charge in [-0.25, -0.2) is 0 Å². The molecule has 1 saturated carbocycles. The fraction of sp³-hybridized carbons (Fsp3) is 0.769. The predicted molar refractivity (Wildman–Crippen MR) is 127 cm³/mol. The maximum atomic E-state index is 14.3. The molecule has 1 aromatic heterocycles. The summed E-state index contributed by atoms with van der Waals surface area (Å²) in [4.78, 5) is 22.5. The lowest BCUT2D eigenvalue weighted by Crippen LogP contribution is -2.54. The minimum absolute atomic E-state index is 0.0154. The zero-order valence-corrected chi connectivity index (χ0v) is 21.1. The van der Waals surface area contributed by atoms with Crippen molar-refractivity contribution in [2.45, 2.75) is 62.6 Å². The number of aromatic nitrogens is 1. The lowest BCUT2D eigenvalue weighted by molar-refractivity contribution is -0.144. The molecule has 5 heterocycles. The summed E-state index contributed by atoms with van der Waals surface area (Å²) in [6.07, 6.45) is -0.616. The number of methoxy groups -OCH3 is 1. The minimum Gasteiger partial charge on any atom is -0.379 e. The molecule has 0 spiro atoms. The largest absolute Gasteiger partial charge is 0.417 e. The van der Waals surface area contributed by atoms with Crippen LogP contribution < -0.4 is 5.32 Å². The molecule has 8 nitrogen and oxygen atoms in total. The number of carbonyl (C=O) groups excluding carboxylic acids is 1. The summed E-state index contributed by atoms with van der Waals surface area (Å²) in [5, 5.41) is 3.79. The van der Waals surface area contributed by atoms with Crippen molar-refractivity contribution in [1.82, 2.24) is 20.1 Å². The molecule has 4 fully saturated rings. The molecule has 0 bridgehead atoms. The smallest absolute Gasteiger partial charge is 0.379 e. The first-order valence-electron chi connectivity index (χ1n) is 13.3. The van der Waals surface area contributed by atoms with Crippen LogP contribution in [0.15, 0.2) is 12.3 Å². The zero-order valence-electron chi connectivity index (χ0n) is 21.1. The molecule has 1 amide bonds. The minimum atomic E-state index is -4.45. The lowest BCUT2D eigenvalue weighted by atomic mass is 9.78. The second-order valence-corrected chi connectivity index (χ2v) is 11.3. The van der Waals surface area contributed by atoms with Crippen molar-refractivity contribution < 1.29 is 32.2 Å². The SMILES string of the molecule is COC1COCCC1N[C@@H]1C[C@H]2CN(C3COC3)C[C@@]2(C(=O)N2CCc3ncc(C(F)(F)F)cc3C2)C1. The Morgan fingerprint density at radius 1 is 1.27 bits per heavy atom. The number of ether oxygens (including phenoxy) is 3. The van der Waals surface area contributed by atoms with E-state index in [0.29, 0.717) is 63.2 Å². The highest BCUT2D eigenvalue weighted by Crippen LogP contribution is 2.51. The molecule has 204 valence electrons. The number of amides is 1. The van der Waals surface area contributed by atoms with Crippen LogP contribution in [-0.4, -0.2) is 98.1 Å². The van der Waals surface area contributed by atoms with E-state index in [1.165, 1.54) is 6.07 Å². The summed E-state index contributed by atoms with van der Waals surface area (Å²) in [5.74, 6) is 0.267. The van der Waals surface area contributed by atoms with Gasteiger partial charge >= 0.3 is 6.18 Å². The van der Waals surface area contributed by atoms with Crippen molar-refractivity contribution in [3.8, 4) is 0 Å². The van der Waals surface area contributed by atoms with Crippen LogP contribution in [0, 0.1) is 11.3 Å². The second-order valence-electron chi connectivity index (χ2n) is 11.3. The molecular weight excluding hydrogens is 489 g/mol. The fourth-order valence-corrected chi connectivity index (χ4v) is 7.09. The Balaban J connectivity index is 1.22. The second kappa shape index (κ2) is 9.75. The Hall–Kier alpha value is -1.79. The van der Waals surface area contributed by atoms with Crippen LogP contribution in [0.4, 0.5) is 13.2 Å². The number of pyridine rings is 1. The molecule has 5 aliphatic rings. The summed E-state index contributed by atoms with van der Waals surface area (Å²) in [6, 6.07) is 1.87. The maximum absolute atomic E-state index is 14.3. The number of carbonyl (C=O) groups is 1. The van der Waals surface area contributed by atoms with E-state index < -0.39 is 17.2 Å². The molecule has 0 aromatic carbocycles. The van der Waals surface area contributed by atoms with Gasteiger partial charge in [0.15, 0.2) is 0 Å². The van der Waals surface area contributed by atoms with Gasteiger partial charge in [0.2, 0.25) is 5.91 Å². The summed E-state index contributed by atoms with van der Waals surface area (Å²) >= 11 is 0. The topological polar surface area (TPSA) is 76.2 Å². The van der Waals surface area contributed by atoms with Gasteiger partial charge < -0.3 is 24.4 Å². The molecule has 1 aliphatic carbocycles. The van der Waals surface area contributed by atoms with Gasteiger partial charge in [-0.1, -0.05) is 0 Å². The summed E-state index contributed by atoms with van der Waals surface area (Å²) in [6.45, 7) is 4.82. The highest BCUT2D eigenvalue weighted by atomic mass is 19.4. The highest BCUT2D eigenvalue weighted by Gasteiger charge is 2.60. The highest BCUT2D eigenvalue weighted by molar-refractivity contribution is 5.84. The lowest BCUT2D eigenvalue weighted by Gasteiger charge is -2.39. The van der Waals surface area contributed by atoms with Crippen molar-refractivity contribution in [3.63, 3.8) is 0 Å². The Morgan fingerprint density at radius 3 is 2.84 bits per heavy atom. The van der Waals surface area contributed by atoms with Crippen molar-refractivity contribution in [1.29, 1.82) is 0 Å². The molecule has 2 unspecified atom stereocenters. The van der Waals surface area contributed by atoms with Crippen molar-refractivity contribution in [2.24, 2.45) is 11.3 Å². The number of likely N-dealkylation sites (tertiary alicyclic amines) is 1. The van der Waals surface area contributed by atoms with Crippen molar-refractivity contribution in [3.05, 3.63) is 29.1 Å². The molecule has 4 aliphatic heterocycles. The molecule has 5 atom stereocenters. The zero-order chi connectivity index (χ0) is 25.8. The normalized spacial score (nSPS) is 34.8. The molecule has 0 radical (unpaired) electrons. The first-order valence-corrected chi connectivity index (χ1v) is 13.3. The van der Waals surface area contributed by atoms with Crippen LogP contribution in [0.25, 0.3) is 0 Å². The van der Waals surface area contributed by atoms with Gasteiger partial charge in [-0.05, 0) is 36.8 Å². The number of alkyl halides is 3. The van der Waals surface area contributed by atoms with Gasteiger partial charge in [0.05, 0.1) is 42.9 Å². The summed E-state index contributed by atoms with van der Waals surface area (Å²) < 4.78 is 56.6. The number of hydrogen-bond donors (Lipinski definition) is 1. The Bertz CT molecular complexity index is 1020. The van der Waals surface area contributed by atoms with E-state index in [-0.39, 0.29) is 36.6 Å². The van der Waals surface area contributed by atoms with E-state index in [1.807, 2.05) is 0 Å². The van der Waals surface area contributed by atoms with E-state index in [4.69, 9.17) is 14.2 Å². The number of halogens is 3. The average Bonchev–Trinajstić information content (AvgIpc) is 3.36. The van der Waals surface area contributed by atoms with Gasteiger partial charge in [0.1, 0.15) is 0 Å². The van der Waals surface area contributed by atoms with Crippen LogP contribution in [-0.2, 0) is 38.1 Å². The first-order chi connectivity index (χ1) is 17.8. The van der Waals surface area contributed by atoms with Crippen LogP contribution >= 0.6 is 0 Å². The molecule has 3 saturated heterocycles. The van der Waals surface area contributed by atoms with Gasteiger partial charge in [0.25, 0.3) is 0 Å². The third-order valence-electron chi connectivity index (χ3n) is 9.17. The van der Waals surface area contributed by atoms with Crippen LogP contribution in [0.1, 0.15) is 36.1 Å². The number of fused-ring (bicyclic) bond motifs is 2. The van der Waals surface area contributed by atoms with Crippen LogP contribution in [0.2, 0.25) is 0 Å². The summed E-state index contributed by atoms with van der Waals surface area (Å²) in [5.41, 5.74) is -0.153. The van der Waals surface area contributed by atoms with Gasteiger partial charge in [-0.15, -0.1) is 0 Å². The molecule has 1 N–H and O–H groups in total. The Labute approximate surface area is 214 Å². The molecule has 1 aromatic rings. The van der Waals surface area contributed by atoms with Gasteiger partial charge in [-0.3, -0.25) is 14.7 Å². The third-order valence-corrected chi connectivity index (χ3v) is 9.17. The van der Waals surface area contributed by atoms with E-state index in [0.717, 1.165) is 32.0 Å². The summed E-state index contributed by atoms with van der Waals surface area (Å²) in [7, 11) is 1.70. The number of rotatable bonds is 5. The average molecular weight is 525 g/mol. The predicted octanol–water partition coefficient (Wildman–Crippen LogP) is 1.86. The van der Waals surface area contributed by atoms with Gasteiger partial charge in [0, 0.05) is 70.3 Å². The van der Waals surface area contributed by atoms with E-state index in [2.05, 4.69) is 15.2 Å². The van der Waals surface area contributed by atoms with E-state index in [1.54, 1.807) is 12.0 Å². The van der Waals surface area contributed by atoms with Crippen LogP contribution in [0.5, 0.6) is 0 Å². The van der Waals surface area contributed by atoms with Gasteiger partial charge in [-0.2, -0.15) is 13.2 Å². The Morgan fingerprint density at radius 2 is 2.11 bits per heavy atom. The standard InChI is InChI=1S/C26H35F3N4O4/c1-35-23-14-36-5-3-22(23)31-19-7-18-11-33(20-12-37-13-20)15-25(18,8-19)24(34)32-4-2-21-16(10-32)6-17(9-30-21)26(27,28)29/h6,9,18-20,22-23,31H,2-5,7-8,10-15H2,1H3/t18-,19+,22?,23?,25-/m0/s1. The van der Waals surface area contributed by atoms with Crippen LogP contribution in [0.3, 0.4) is 0 Å². The molecule has 6 rings (SSSR count). The fourth-order valence-electron chi connectivity index (χ4n) is 7.09. The van der Waals surface area contributed by atoms with Crippen molar-refractivity contribution >= 4 is 5.91 Å².